The Morgan fingerprint density at radius 2 is 2.17 bits per heavy atom. The molecular formula is C14H27NO2S. The molecule has 0 radical (unpaired) electrons. The Morgan fingerprint density at radius 3 is 2.67 bits per heavy atom. The monoisotopic (exact) mass is 273 g/mol. The van der Waals surface area contributed by atoms with Crippen LogP contribution in [0.4, 0.5) is 0 Å². The fourth-order valence-corrected chi connectivity index (χ4v) is 4.15. The second kappa shape index (κ2) is 6.80. The summed E-state index contributed by atoms with van der Waals surface area (Å²) in [4.78, 5) is 12.1. The summed E-state index contributed by atoms with van der Waals surface area (Å²) in [5.41, 5.74) is -0.450. The van der Waals surface area contributed by atoms with Crippen LogP contribution in [0.1, 0.15) is 53.4 Å². The Labute approximate surface area is 115 Å². The maximum atomic E-state index is 12.1. The first-order valence-corrected chi connectivity index (χ1v) is 7.89. The molecule has 1 saturated carbocycles. The zero-order valence-corrected chi connectivity index (χ0v) is 13.1. The Morgan fingerprint density at radius 1 is 1.50 bits per heavy atom. The number of esters is 1. The van der Waals surface area contributed by atoms with Gasteiger partial charge in [0.05, 0.1) is 7.11 Å². The fourth-order valence-electron chi connectivity index (χ4n) is 2.66. The lowest BCUT2D eigenvalue weighted by Crippen LogP contribution is -2.53. The van der Waals surface area contributed by atoms with Gasteiger partial charge in [-0.2, -0.15) is 11.8 Å². The van der Waals surface area contributed by atoms with Gasteiger partial charge in [-0.15, -0.1) is 0 Å². The maximum Gasteiger partial charge on any atom is 0.326 e. The number of nitrogens with one attached hydrogen (secondary N) is 1. The van der Waals surface area contributed by atoms with Crippen molar-refractivity contribution in [3.63, 3.8) is 0 Å². The molecule has 0 saturated heterocycles. The molecule has 0 bridgehead atoms. The molecule has 1 aliphatic carbocycles. The van der Waals surface area contributed by atoms with E-state index in [0.29, 0.717) is 16.5 Å². The van der Waals surface area contributed by atoms with Crippen molar-refractivity contribution >= 4 is 17.7 Å². The first-order chi connectivity index (χ1) is 8.43. The average molecular weight is 273 g/mol. The molecule has 0 heterocycles. The quantitative estimate of drug-likeness (QED) is 0.755. The number of hydrogen-bond donors (Lipinski definition) is 1. The number of carbonyl (C=O) groups excluding carboxylic acids is 1. The third-order valence-electron chi connectivity index (χ3n) is 3.61. The minimum Gasteiger partial charge on any atom is -0.468 e. The van der Waals surface area contributed by atoms with Gasteiger partial charge in [-0.25, -0.2) is 0 Å². The fraction of sp³-hybridized carbons (Fsp3) is 0.929. The van der Waals surface area contributed by atoms with E-state index in [-0.39, 0.29) is 5.97 Å². The summed E-state index contributed by atoms with van der Waals surface area (Å²) >= 11 is 2.02. The van der Waals surface area contributed by atoms with E-state index < -0.39 is 5.54 Å². The Hall–Kier alpha value is -0.220. The van der Waals surface area contributed by atoms with Crippen LogP contribution in [0.15, 0.2) is 0 Å². The van der Waals surface area contributed by atoms with Gasteiger partial charge in [0.2, 0.25) is 0 Å². The molecule has 0 aliphatic heterocycles. The molecular weight excluding hydrogens is 246 g/mol. The van der Waals surface area contributed by atoms with E-state index in [1.165, 1.54) is 13.5 Å². The van der Waals surface area contributed by atoms with Gasteiger partial charge in [-0.1, -0.05) is 13.8 Å². The number of methoxy groups -OCH3 is 1. The zero-order valence-electron chi connectivity index (χ0n) is 12.3. The zero-order chi connectivity index (χ0) is 13.8. The normalized spacial score (nSPS) is 29.6. The van der Waals surface area contributed by atoms with Crippen LogP contribution in [0.5, 0.6) is 0 Å². The van der Waals surface area contributed by atoms with Gasteiger partial charge < -0.3 is 4.74 Å². The SMILES string of the molecule is CCC(C)SC1CCC(NC(C)C)(C(=O)OC)C1. The number of rotatable bonds is 6. The molecule has 1 aliphatic rings. The lowest BCUT2D eigenvalue weighted by atomic mass is 9.96. The molecule has 106 valence electrons. The van der Waals surface area contributed by atoms with Crippen LogP contribution in [-0.4, -0.2) is 35.2 Å². The summed E-state index contributed by atoms with van der Waals surface area (Å²) in [5.74, 6) is -0.0940. The van der Waals surface area contributed by atoms with Crippen molar-refractivity contribution in [2.75, 3.05) is 7.11 Å². The second-order valence-corrected chi connectivity index (χ2v) is 7.34. The van der Waals surface area contributed by atoms with Crippen molar-refractivity contribution in [3.05, 3.63) is 0 Å². The van der Waals surface area contributed by atoms with Crippen molar-refractivity contribution < 1.29 is 9.53 Å². The van der Waals surface area contributed by atoms with Crippen molar-refractivity contribution in [2.45, 2.75) is 75.5 Å². The molecule has 18 heavy (non-hydrogen) atoms. The van der Waals surface area contributed by atoms with Crippen molar-refractivity contribution in [1.29, 1.82) is 0 Å². The van der Waals surface area contributed by atoms with Gasteiger partial charge in [0.15, 0.2) is 0 Å². The van der Waals surface area contributed by atoms with E-state index in [9.17, 15) is 4.79 Å². The predicted molar refractivity (Wildman–Crippen MR) is 78.0 cm³/mol. The predicted octanol–water partition coefficient (Wildman–Crippen LogP) is 2.98. The summed E-state index contributed by atoms with van der Waals surface area (Å²) in [6.45, 7) is 8.64. The Balaban J connectivity index is 2.68. The lowest BCUT2D eigenvalue weighted by molar-refractivity contribution is -0.148. The van der Waals surface area contributed by atoms with E-state index >= 15 is 0 Å². The molecule has 0 aromatic heterocycles. The summed E-state index contributed by atoms with van der Waals surface area (Å²) < 4.78 is 5.01. The van der Waals surface area contributed by atoms with E-state index in [1.807, 2.05) is 11.8 Å². The molecule has 4 heteroatoms. The first-order valence-electron chi connectivity index (χ1n) is 6.95. The standard InChI is InChI=1S/C14H27NO2S/c1-6-11(4)18-12-7-8-14(9-12,13(16)17-5)15-10(2)3/h10-12,15H,6-9H2,1-5H3. The van der Waals surface area contributed by atoms with Crippen LogP contribution in [0.2, 0.25) is 0 Å². The van der Waals surface area contributed by atoms with Crippen LogP contribution in [0.3, 0.4) is 0 Å². The van der Waals surface area contributed by atoms with Crippen molar-refractivity contribution in [3.8, 4) is 0 Å². The number of hydrogen-bond acceptors (Lipinski definition) is 4. The smallest absolute Gasteiger partial charge is 0.326 e. The minimum atomic E-state index is -0.450. The van der Waals surface area contributed by atoms with Gasteiger partial charge in [0.25, 0.3) is 0 Å². The molecule has 0 spiro atoms. The van der Waals surface area contributed by atoms with E-state index in [4.69, 9.17) is 4.74 Å². The summed E-state index contributed by atoms with van der Waals surface area (Å²) in [7, 11) is 1.49. The van der Waals surface area contributed by atoms with Crippen LogP contribution in [0, 0.1) is 0 Å². The third-order valence-corrected chi connectivity index (χ3v) is 5.20. The second-order valence-electron chi connectivity index (χ2n) is 5.59. The average Bonchev–Trinajstić information content (AvgIpc) is 2.71. The van der Waals surface area contributed by atoms with Crippen LogP contribution in [0.25, 0.3) is 0 Å². The highest BCUT2D eigenvalue weighted by Crippen LogP contribution is 2.40. The minimum absolute atomic E-state index is 0.0940. The van der Waals surface area contributed by atoms with Gasteiger partial charge in [-0.05, 0) is 39.5 Å². The van der Waals surface area contributed by atoms with E-state index in [0.717, 1.165) is 19.3 Å². The van der Waals surface area contributed by atoms with Gasteiger partial charge in [0.1, 0.15) is 5.54 Å². The molecule has 3 nitrogen and oxygen atoms in total. The Bertz CT molecular complexity index is 283. The van der Waals surface area contributed by atoms with Crippen LogP contribution < -0.4 is 5.32 Å². The molecule has 0 amide bonds. The molecule has 1 fully saturated rings. The topological polar surface area (TPSA) is 38.3 Å². The highest BCUT2D eigenvalue weighted by atomic mass is 32.2. The molecule has 1 rings (SSSR count). The van der Waals surface area contributed by atoms with Crippen molar-refractivity contribution in [1.82, 2.24) is 5.32 Å². The molecule has 0 aromatic carbocycles. The van der Waals surface area contributed by atoms with Gasteiger partial charge >= 0.3 is 5.97 Å². The van der Waals surface area contributed by atoms with E-state index in [2.05, 4.69) is 33.0 Å². The third kappa shape index (κ3) is 3.89. The summed E-state index contributed by atoms with van der Waals surface area (Å²) in [5, 5.41) is 4.68. The maximum absolute atomic E-state index is 12.1. The first kappa shape index (κ1) is 15.8. The highest BCUT2D eigenvalue weighted by molar-refractivity contribution is 8.00. The van der Waals surface area contributed by atoms with Crippen molar-refractivity contribution in [2.24, 2.45) is 0 Å². The van der Waals surface area contributed by atoms with E-state index in [1.54, 1.807) is 0 Å². The van der Waals surface area contributed by atoms with Gasteiger partial charge in [-0.3, -0.25) is 10.1 Å². The lowest BCUT2D eigenvalue weighted by Gasteiger charge is -2.30. The molecule has 3 atom stereocenters. The summed E-state index contributed by atoms with van der Waals surface area (Å²) in [6.07, 6.45) is 4.08. The van der Waals surface area contributed by atoms with Crippen LogP contribution >= 0.6 is 11.8 Å². The number of carbonyl (C=O) groups is 1. The summed E-state index contributed by atoms with van der Waals surface area (Å²) in [6, 6.07) is 0.302. The Kier molecular flexibility index (Phi) is 5.99. The molecule has 3 unspecified atom stereocenters. The van der Waals surface area contributed by atoms with Gasteiger partial charge in [0, 0.05) is 16.5 Å². The number of thioether (sulfide) groups is 1. The number of ether oxygens (including phenoxy) is 1. The molecule has 1 N–H and O–H groups in total. The van der Waals surface area contributed by atoms with Crippen LogP contribution in [-0.2, 0) is 9.53 Å². The largest absolute Gasteiger partial charge is 0.468 e. The molecule has 0 aromatic rings. The highest BCUT2D eigenvalue weighted by Gasteiger charge is 2.46.